The van der Waals surface area contributed by atoms with E-state index in [1.165, 1.54) is 30.6 Å². The third-order valence-electron chi connectivity index (χ3n) is 2.31. The number of halogens is 1. The molecule has 0 unspecified atom stereocenters. The van der Waals surface area contributed by atoms with Crippen molar-refractivity contribution in [1.29, 1.82) is 0 Å². The zero-order valence-corrected chi connectivity index (χ0v) is 10.8. The average Bonchev–Trinajstić information content (AvgIpc) is 2.41. The summed E-state index contributed by atoms with van der Waals surface area (Å²) in [6, 6.07) is 4.10. The van der Waals surface area contributed by atoms with Crippen LogP contribution in [-0.4, -0.2) is 25.4 Å². The summed E-state index contributed by atoms with van der Waals surface area (Å²) in [6.07, 6.45) is 3.68. The Labute approximate surface area is 109 Å². The Morgan fingerprint density at radius 3 is 2.74 bits per heavy atom. The lowest BCUT2D eigenvalue weighted by Gasteiger charge is -2.11. The molecule has 0 aliphatic carbocycles. The second-order valence-electron chi connectivity index (χ2n) is 3.56. The molecule has 0 spiro atoms. The van der Waals surface area contributed by atoms with E-state index in [0.717, 1.165) is 6.20 Å². The molecular weight excluding hydrogens is 271 g/mol. The van der Waals surface area contributed by atoms with Crippen molar-refractivity contribution in [3.05, 3.63) is 42.6 Å². The summed E-state index contributed by atoms with van der Waals surface area (Å²) in [7, 11) is -2.37. The Hall–Kier alpha value is -2.22. The number of pyridine rings is 2. The van der Waals surface area contributed by atoms with Crippen LogP contribution in [0.15, 0.2) is 41.7 Å². The van der Waals surface area contributed by atoms with Gasteiger partial charge in [-0.3, -0.25) is 9.71 Å². The van der Waals surface area contributed by atoms with Crippen LogP contribution in [0.2, 0.25) is 0 Å². The lowest BCUT2D eigenvalue weighted by Crippen LogP contribution is -2.16. The number of hydrogen-bond acceptors (Lipinski definition) is 5. The number of anilines is 2. The van der Waals surface area contributed by atoms with Crippen molar-refractivity contribution in [2.75, 3.05) is 17.1 Å². The van der Waals surface area contributed by atoms with Crippen LogP contribution in [0.25, 0.3) is 0 Å². The van der Waals surface area contributed by atoms with Crippen molar-refractivity contribution in [3.63, 3.8) is 0 Å². The Kier molecular flexibility index (Phi) is 3.61. The molecule has 19 heavy (non-hydrogen) atoms. The molecule has 2 aromatic rings. The van der Waals surface area contributed by atoms with Gasteiger partial charge in [0.15, 0.2) is 5.82 Å². The van der Waals surface area contributed by atoms with Crippen molar-refractivity contribution >= 4 is 21.5 Å². The number of nitrogens with zero attached hydrogens (tertiary/aromatic N) is 2. The predicted octanol–water partition coefficient (Wildman–Crippen LogP) is 1.46. The van der Waals surface area contributed by atoms with Gasteiger partial charge in [0.2, 0.25) is 0 Å². The van der Waals surface area contributed by atoms with E-state index in [4.69, 9.17) is 0 Å². The maximum Gasteiger partial charge on any atom is 0.265 e. The molecule has 0 bridgehead atoms. The highest BCUT2D eigenvalue weighted by molar-refractivity contribution is 7.92. The van der Waals surface area contributed by atoms with Crippen molar-refractivity contribution in [2.45, 2.75) is 4.90 Å². The fourth-order valence-corrected chi connectivity index (χ4v) is 2.68. The molecule has 0 radical (unpaired) electrons. The summed E-state index contributed by atoms with van der Waals surface area (Å²) >= 11 is 0. The minimum atomic E-state index is -3.92. The monoisotopic (exact) mass is 282 g/mol. The fourth-order valence-electron chi connectivity index (χ4n) is 1.45. The van der Waals surface area contributed by atoms with Crippen LogP contribution in [0.1, 0.15) is 0 Å². The van der Waals surface area contributed by atoms with Crippen LogP contribution in [0.4, 0.5) is 15.9 Å². The smallest absolute Gasteiger partial charge is 0.265 e. The van der Waals surface area contributed by atoms with E-state index in [9.17, 15) is 12.8 Å². The first-order valence-electron chi connectivity index (χ1n) is 5.29. The Morgan fingerprint density at radius 2 is 2.05 bits per heavy atom. The van der Waals surface area contributed by atoms with Crippen molar-refractivity contribution in [2.24, 2.45) is 0 Å². The minimum absolute atomic E-state index is 0.0614. The lowest BCUT2D eigenvalue weighted by atomic mass is 10.4. The zero-order chi connectivity index (χ0) is 13.9. The summed E-state index contributed by atoms with van der Waals surface area (Å²) in [4.78, 5) is 7.38. The van der Waals surface area contributed by atoms with E-state index < -0.39 is 15.8 Å². The molecule has 2 aromatic heterocycles. The van der Waals surface area contributed by atoms with Gasteiger partial charge in [-0.25, -0.2) is 17.8 Å². The van der Waals surface area contributed by atoms with Crippen LogP contribution < -0.4 is 10.0 Å². The number of hydrogen-bond donors (Lipinski definition) is 2. The summed E-state index contributed by atoms with van der Waals surface area (Å²) in [6.45, 7) is 0. The average molecular weight is 282 g/mol. The van der Waals surface area contributed by atoms with E-state index >= 15 is 0 Å². The van der Waals surface area contributed by atoms with Crippen molar-refractivity contribution < 1.29 is 12.8 Å². The number of rotatable bonds is 4. The summed E-state index contributed by atoms with van der Waals surface area (Å²) in [5, 5.41) is 2.67. The third-order valence-corrected chi connectivity index (χ3v) is 3.71. The minimum Gasteiger partial charge on any atom is -0.372 e. The van der Waals surface area contributed by atoms with E-state index in [1.54, 1.807) is 7.05 Å². The van der Waals surface area contributed by atoms with E-state index in [1.807, 2.05) is 0 Å². The van der Waals surface area contributed by atoms with Crippen LogP contribution in [0.5, 0.6) is 0 Å². The second kappa shape index (κ2) is 5.19. The molecule has 0 fully saturated rings. The van der Waals surface area contributed by atoms with Gasteiger partial charge in [0.25, 0.3) is 10.0 Å². The molecule has 2 N–H and O–H groups in total. The number of nitrogens with one attached hydrogen (secondary N) is 2. The molecule has 2 heterocycles. The topological polar surface area (TPSA) is 84.0 Å². The first kappa shape index (κ1) is 13.2. The van der Waals surface area contributed by atoms with Crippen molar-refractivity contribution in [3.8, 4) is 0 Å². The number of aromatic nitrogens is 2. The van der Waals surface area contributed by atoms with Gasteiger partial charge >= 0.3 is 0 Å². The second-order valence-corrected chi connectivity index (χ2v) is 5.21. The number of sulfonamides is 1. The Morgan fingerprint density at radius 1 is 1.26 bits per heavy atom. The first-order chi connectivity index (χ1) is 9.04. The first-order valence-corrected chi connectivity index (χ1v) is 6.78. The Balaban J connectivity index is 2.41. The zero-order valence-electron chi connectivity index (χ0n) is 9.96. The maximum atomic E-state index is 13.4. The molecule has 0 atom stereocenters. The molecule has 0 amide bonds. The molecular formula is C11H11FN4O2S. The summed E-state index contributed by atoms with van der Waals surface area (Å²) in [5.74, 6) is -0.564. The molecule has 2 rings (SSSR count). The normalized spacial score (nSPS) is 11.1. The summed E-state index contributed by atoms with van der Waals surface area (Å²) in [5.41, 5.74) is -0.166. The quantitative estimate of drug-likeness (QED) is 0.887. The summed E-state index contributed by atoms with van der Waals surface area (Å²) < 4.78 is 39.9. The third kappa shape index (κ3) is 2.79. The van der Waals surface area contributed by atoms with Gasteiger partial charge in [-0.05, 0) is 18.2 Å². The standard InChI is InChI=1S/C11H11FN4O2S/c1-13-11-10(3-2-5-15-11)19(17,18)16-9-4-6-14-7-8(9)12/h2-7H,1H3,(H,13,15)(H,14,16). The molecule has 0 saturated heterocycles. The molecule has 100 valence electrons. The van der Waals surface area contributed by atoms with Gasteiger partial charge in [-0.2, -0.15) is 0 Å². The highest BCUT2D eigenvalue weighted by Crippen LogP contribution is 2.22. The van der Waals surface area contributed by atoms with Crippen LogP contribution in [-0.2, 0) is 10.0 Å². The van der Waals surface area contributed by atoms with E-state index in [0.29, 0.717) is 0 Å². The molecule has 0 aliphatic heterocycles. The Bertz CT molecular complexity index is 691. The SMILES string of the molecule is CNc1ncccc1S(=O)(=O)Nc1ccncc1F. The molecule has 8 heteroatoms. The molecule has 0 saturated carbocycles. The lowest BCUT2D eigenvalue weighted by molar-refractivity contribution is 0.598. The van der Waals surface area contributed by atoms with Gasteiger partial charge in [0, 0.05) is 19.4 Å². The van der Waals surface area contributed by atoms with Gasteiger partial charge in [-0.15, -0.1) is 0 Å². The highest BCUT2D eigenvalue weighted by atomic mass is 32.2. The van der Waals surface area contributed by atoms with Crippen LogP contribution >= 0.6 is 0 Å². The van der Waals surface area contributed by atoms with Gasteiger partial charge in [-0.1, -0.05) is 0 Å². The molecule has 0 aromatic carbocycles. The fraction of sp³-hybridized carbons (Fsp3) is 0.0909. The molecule has 0 aliphatic rings. The van der Waals surface area contributed by atoms with E-state index in [-0.39, 0.29) is 16.4 Å². The predicted molar refractivity (Wildman–Crippen MR) is 68.8 cm³/mol. The van der Waals surface area contributed by atoms with Crippen LogP contribution in [0.3, 0.4) is 0 Å². The van der Waals surface area contributed by atoms with Gasteiger partial charge in [0.05, 0.1) is 11.9 Å². The van der Waals surface area contributed by atoms with Crippen molar-refractivity contribution in [1.82, 2.24) is 9.97 Å². The van der Waals surface area contributed by atoms with E-state index in [2.05, 4.69) is 20.0 Å². The van der Waals surface area contributed by atoms with Crippen LogP contribution in [0, 0.1) is 5.82 Å². The van der Waals surface area contributed by atoms with Gasteiger partial charge in [0.1, 0.15) is 10.7 Å². The largest absolute Gasteiger partial charge is 0.372 e. The van der Waals surface area contributed by atoms with Gasteiger partial charge < -0.3 is 5.32 Å². The highest BCUT2D eigenvalue weighted by Gasteiger charge is 2.20. The molecule has 6 nitrogen and oxygen atoms in total. The maximum absolute atomic E-state index is 13.4.